The van der Waals surface area contributed by atoms with Gasteiger partial charge in [-0.05, 0) is 49.9 Å². The Hall–Kier alpha value is -1.24. The maximum Gasteiger partial charge on any atom is 0.0382 e. The molecule has 0 radical (unpaired) electrons. The van der Waals surface area contributed by atoms with Crippen LogP contribution in [0.25, 0.3) is 0 Å². The lowest BCUT2D eigenvalue weighted by Gasteiger charge is -2.04. The van der Waals surface area contributed by atoms with E-state index < -0.39 is 0 Å². The minimum Gasteiger partial charge on any atom is -0.362 e. The molecule has 0 heterocycles. The van der Waals surface area contributed by atoms with Gasteiger partial charge in [0.25, 0.3) is 0 Å². The Morgan fingerprint density at radius 2 is 1.92 bits per heavy atom. The zero-order valence-electron chi connectivity index (χ0n) is 8.22. The fraction of sp³-hybridized carbons (Fsp3) is 0.333. The molecule has 1 heteroatoms. The molecule has 0 saturated heterocycles. The van der Waals surface area contributed by atoms with Gasteiger partial charge in [0.1, 0.15) is 0 Å². The van der Waals surface area contributed by atoms with Crippen molar-refractivity contribution >= 4 is 5.69 Å². The number of hydrogen-bond donors (Lipinski definition) is 1. The Balaban J connectivity index is 2.11. The molecular weight excluding hydrogens is 158 g/mol. The van der Waals surface area contributed by atoms with Gasteiger partial charge in [-0.1, -0.05) is 11.6 Å². The predicted molar refractivity (Wildman–Crippen MR) is 56.9 cm³/mol. The summed E-state index contributed by atoms with van der Waals surface area (Å²) in [5.74, 6) is 0. The van der Waals surface area contributed by atoms with Crippen LogP contribution in [0.1, 0.15) is 24.0 Å². The highest BCUT2D eigenvalue weighted by Gasteiger charge is 2.09. The normalized spacial score (nSPS) is 14.2. The number of nitrogens with one attached hydrogen (secondary N) is 1. The van der Waals surface area contributed by atoms with Crippen molar-refractivity contribution in [1.82, 2.24) is 0 Å². The minimum atomic E-state index is 1.20. The van der Waals surface area contributed by atoms with E-state index in [0.717, 1.165) is 0 Å². The van der Waals surface area contributed by atoms with Gasteiger partial charge in [0.2, 0.25) is 0 Å². The van der Waals surface area contributed by atoms with E-state index in [0.29, 0.717) is 0 Å². The highest BCUT2D eigenvalue weighted by Crippen LogP contribution is 2.27. The number of benzene rings is 1. The predicted octanol–water partition coefficient (Wildman–Crippen LogP) is 3.39. The van der Waals surface area contributed by atoms with Crippen LogP contribution < -0.4 is 5.32 Å². The van der Waals surface area contributed by atoms with Crippen LogP contribution in [0.3, 0.4) is 0 Å². The summed E-state index contributed by atoms with van der Waals surface area (Å²) in [6.07, 6.45) is 4.68. The zero-order chi connectivity index (χ0) is 9.26. The fourth-order valence-corrected chi connectivity index (χ4v) is 1.23. The molecule has 1 aliphatic rings. The summed E-state index contributed by atoms with van der Waals surface area (Å²) < 4.78 is 0. The highest BCUT2D eigenvalue weighted by atomic mass is 14.8. The molecule has 0 aromatic heterocycles. The monoisotopic (exact) mass is 173 g/mol. The molecule has 1 aliphatic carbocycles. The van der Waals surface area contributed by atoms with Gasteiger partial charge in [0.15, 0.2) is 0 Å². The third kappa shape index (κ3) is 2.11. The molecule has 1 nitrogen and oxygen atoms in total. The molecule has 0 spiro atoms. The van der Waals surface area contributed by atoms with Gasteiger partial charge in [0, 0.05) is 11.9 Å². The number of rotatable bonds is 2. The topological polar surface area (TPSA) is 12.0 Å². The van der Waals surface area contributed by atoms with E-state index in [9.17, 15) is 0 Å². The Morgan fingerprint density at radius 1 is 1.15 bits per heavy atom. The Morgan fingerprint density at radius 3 is 2.54 bits per heavy atom. The van der Waals surface area contributed by atoms with E-state index in [1.165, 1.54) is 35.2 Å². The largest absolute Gasteiger partial charge is 0.362 e. The van der Waals surface area contributed by atoms with Gasteiger partial charge >= 0.3 is 0 Å². The van der Waals surface area contributed by atoms with Crippen LogP contribution in [0.4, 0.5) is 5.69 Å². The molecule has 1 fully saturated rings. The van der Waals surface area contributed by atoms with Crippen molar-refractivity contribution in [1.29, 1.82) is 0 Å². The summed E-state index contributed by atoms with van der Waals surface area (Å²) in [6.45, 7) is 4.28. The quantitative estimate of drug-likeness (QED) is 0.722. The summed E-state index contributed by atoms with van der Waals surface area (Å²) >= 11 is 0. The number of allylic oxidation sites excluding steroid dienone is 1. The van der Waals surface area contributed by atoms with Crippen LogP contribution in [0, 0.1) is 13.8 Å². The van der Waals surface area contributed by atoms with Crippen molar-refractivity contribution in [2.45, 2.75) is 26.7 Å². The van der Waals surface area contributed by atoms with E-state index in [-0.39, 0.29) is 0 Å². The first kappa shape index (κ1) is 8.36. The van der Waals surface area contributed by atoms with Crippen molar-refractivity contribution in [3.63, 3.8) is 0 Å². The van der Waals surface area contributed by atoms with Gasteiger partial charge in [-0.2, -0.15) is 0 Å². The van der Waals surface area contributed by atoms with E-state index in [2.05, 4.69) is 43.6 Å². The summed E-state index contributed by atoms with van der Waals surface area (Å²) in [4.78, 5) is 0. The highest BCUT2D eigenvalue weighted by molar-refractivity contribution is 5.50. The second-order valence-corrected chi connectivity index (χ2v) is 3.75. The molecule has 1 saturated carbocycles. The van der Waals surface area contributed by atoms with Gasteiger partial charge in [-0.15, -0.1) is 0 Å². The van der Waals surface area contributed by atoms with E-state index in [1.54, 1.807) is 0 Å². The van der Waals surface area contributed by atoms with Crippen LogP contribution in [0.2, 0.25) is 0 Å². The summed E-state index contributed by atoms with van der Waals surface area (Å²) in [7, 11) is 0. The lowest BCUT2D eigenvalue weighted by molar-refractivity contribution is 1.34. The molecule has 2 rings (SSSR count). The first-order chi connectivity index (χ1) is 6.25. The molecule has 0 unspecified atom stereocenters. The lowest BCUT2D eigenvalue weighted by atomic mass is 10.1. The van der Waals surface area contributed by atoms with Crippen LogP contribution in [0.5, 0.6) is 0 Å². The van der Waals surface area contributed by atoms with Crippen molar-refractivity contribution < 1.29 is 0 Å². The number of anilines is 1. The van der Waals surface area contributed by atoms with E-state index >= 15 is 0 Å². The zero-order valence-corrected chi connectivity index (χ0v) is 8.22. The summed E-state index contributed by atoms with van der Waals surface area (Å²) in [5, 5.41) is 3.31. The SMILES string of the molecule is Cc1ccc(NC=C2CC2)cc1C. The van der Waals surface area contributed by atoms with Crippen LogP contribution in [0.15, 0.2) is 30.0 Å². The van der Waals surface area contributed by atoms with Gasteiger partial charge < -0.3 is 5.32 Å². The summed E-state index contributed by atoms with van der Waals surface area (Å²) in [6, 6.07) is 6.47. The number of hydrogen-bond acceptors (Lipinski definition) is 1. The fourth-order valence-electron chi connectivity index (χ4n) is 1.23. The minimum absolute atomic E-state index is 1.20. The van der Waals surface area contributed by atoms with Gasteiger partial charge in [0.05, 0.1) is 0 Å². The molecule has 0 atom stereocenters. The maximum atomic E-state index is 3.31. The first-order valence-electron chi connectivity index (χ1n) is 4.77. The van der Waals surface area contributed by atoms with Crippen LogP contribution in [-0.4, -0.2) is 0 Å². The first-order valence-corrected chi connectivity index (χ1v) is 4.77. The lowest BCUT2D eigenvalue weighted by Crippen LogP contribution is -1.89. The molecular formula is C12H15N. The molecule has 1 aromatic carbocycles. The van der Waals surface area contributed by atoms with Crippen molar-refractivity contribution in [3.05, 3.63) is 41.1 Å². The molecule has 1 aromatic rings. The molecule has 0 bridgehead atoms. The third-order valence-corrected chi connectivity index (χ3v) is 2.49. The smallest absolute Gasteiger partial charge is 0.0382 e. The van der Waals surface area contributed by atoms with Crippen molar-refractivity contribution in [2.75, 3.05) is 5.32 Å². The average molecular weight is 173 g/mol. The van der Waals surface area contributed by atoms with Crippen molar-refractivity contribution in [2.24, 2.45) is 0 Å². The molecule has 0 aliphatic heterocycles. The Labute approximate surface area is 79.5 Å². The summed E-state index contributed by atoms with van der Waals surface area (Å²) in [5.41, 5.74) is 5.42. The molecule has 1 N–H and O–H groups in total. The second kappa shape index (κ2) is 3.25. The van der Waals surface area contributed by atoms with Gasteiger partial charge in [-0.3, -0.25) is 0 Å². The molecule has 68 valence electrons. The van der Waals surface area contributed by atoms with E-state index in [4.69, 9.17) is 0 Å². The Kier molecular flexibility index (Phi) is 2.09. The van der Waals surface area contributed by atoms with E-state index in [1.807, 2.05) is 0 Å². The molecule has 0 amide bonds. The van der Waals surface area contributed by atoms with Crippen molar-refractivity contribution in [3.8, 4) is 0 Å². The Bertz CT molecular complexity index is 344. The third-order valence-electron chi connectivity index (χ3n) is 2.49. The standard InChI is InChI=1S/C12H15N/c1-9-3-6-12(7-10(9)2)13-8-11-4-5-11/h3,6-8,13H,4-5H2,1-2H3. The van der Waals surface area contributed by atoms with Crippen LogP contribution in [-0.2, 0) is 0 Å². The average Bonchev–Trinajstić information content (AvgIpc) is 2.91. The second-order valence-electron chi connectivity index (χ2n) is 3.75. The molecule has 13 heavy (non-hydrogen) atoms. The number of aryl methyl sites for hydroxylation is 2. The van der Waals surface area contributed by atoms with Gasteiger partial charge in [-0.25, -0.2) is 0 Å². The maximum absolute atomic E-state index is 3.31. The van der Waals surface area contributed by atoms with Crippen LogP contribution >= 0.6 is 0 Å².